The Balaban J connectivity index is 2.16. The first-order chi connectivity index (χ1) is 12.2. The molecule has 3 N–H and O–H groups in total. The largest absolute Gasteiger partial charge is 0.462 e. The molecule has 0 radical (unpaired) electrons. The van der Waals surface area contributed by atoms with E-state index in [1.54, 1.807) is 13.8 Å². The highest BCUT2D eigenvalue weighted by Gasteiger charge is 2.27. The molecule has 2 rings (SSSR count). The van der Waals surface area contributed by atoms with Crippen LogP contribution in [0, 0.1) is 6.92 Å². The fourth-order valence-electron chi connectivity index (χ4n) is 3.07. The number of primary amides is 1. The number of hydrogen-bond donors (Lipinski definition) is 2. The van der Waals surface area contributed by atoms with Gasteiger partial charge in [0.15, 0.2) is 0 Å². The Kier molecular flexibility index (Phi) is 6.74. The summed E-state index contributed by atoms with van der Waals surface area (Å²) in [6.45, 7) is 8.89. The van der Waals surface area contributed by atoms with E-state index in [0.717, 1.165) is 11.3 Å². The highest BCUT2D eigenvalue weighted by Crippen LogP contribution is 2.33. The summed E-state index contributed by atoms with van der Waals surface area (Å²) in [5.41, 5.74) is 5.97. The van der Waals surface area contributed by atoms with E-state index in [2.05, 4.69) is 5.32 Å². The number of carbonyl (C=O) groups is 3. The van der Waals surface area contributed by atoms with Crippen LogP contribution >= 0.6 is 11.3 Å². The van der Waals surface area contributed by atoms with E-state index in [-0.39, 0.29) is 46.7 Å². The van der Waals surface area contributed by atoms with E-state index in [4.69, 9.17) is 15.2 Å². The number of nitrogens with one attached hydrogen (secondary N) is 1. The molecule has 0 saturated carbocycles. The van der Waals surface area contributed by atoms with E-state index >= 15 is 0 Å². The number of thiophene rings is 1. The average molecular weight is 383 g/mol. The zero-order chi connectivity index (χ0) is 19.4. The van der Waals surface area contributed by atoms with Crippen LogP contribution in [0.3, 0.4) is 0 Å². The number of carbonyl (C=O) groups excluding carboxylic acids is 3. The number of nitrogens with zero attached hydrogens (tertiary/aromatic N) is 1. The van der Waals surface area contributed by atoms with Crippen molar-refractivity contribution in [2.45, 2.75) is 39.9 Å². The predicted molar refractivity (Wildman–Crippen MR) is 98.6 cm³/mol. The molecule has 0 spiro atoms. The lowest BCUT2D eigenvalue weighted by atomic mass is 10.1. The smallest absolute Gasteiger partial charge is 0.341 e. The number of ether oxygens (including phenoxy) is 2. The molecular weight excluding hydrogens is 358 g/mol. The van der Waals surface area contributed by atoms with Gasteiger partial charge in [-0.3, -0.25) is 14.5 Å². The molecule has 1 aliphatic rings. The lowest BCUT2D eigenvalue weighted by Crippen LogP contribution is -2.48. The summed E-state index contributed by atoms with van der Waals surface area (Å²) >= 11 is 0.989. The maximum atomic E-state index is 12.5. The number of hydrogen-bond acceptors (Lipinski definition) is 7. The SMILES string of the molecule is CCOC(=O)c1c(NC(=O)CN2C[C@@H](C)O[C@H](C)C2)sc(C(N)=O)c1C. The summed E-state index contributed by atoms with van der Waals surface area (Å²) in [6, 6.07) is 0. The van der Waals surface area contributed by atoms with Crippen molar-refractivity contribution in [3.8, 4) is 0 Å². The second-order valence-electron chi connectivity index (χ2n) is 6.34. The minimum atomic E-state index is -0.644. The first kappa shape index (κ1) is 20.3. The minimum absolute atomic E-state index is 0.0482. The number of anilines is 1. The van der Waals surface area contributed by atoms with E-state index in [1.165, 1.54) is 0 Å². The van der Waals surface area contributed by atoms with Gasteiger partial charge in [0.2, 0.25) is 5.91 Å². The van der Waals surface area contributed by atoms with Gasteiger partial charge in [-0.15, -0.1) is 11.3 Å². The second kappa shape index (κ2) is 8.61. The molecule has 1 fully saturated rings. The minimum Gasteiger partial charge on any atom is -0.462 e. The molecule has 2 atom stereocenters. The molecule has 1 saturated heterocycles. The van der Waals surface area contributed by atoms with Crippen molar-refractivity contribution < 1.29 is 23.9 Å². The molecule has 0 bridgehead atoms. The molecule has 9 heteroatoms. The van der Waals surface area contributed by atoms with Gasteiger partial charge in [0, 0.05) is 13.1 Å². The monoisotopic (exact) mass is 383 g/mol. The standard InChI is InChI=1S/C17H25N3O5S/c1-5-24-17(23)13-11(4)14(15(18)22)26-16(13)19-12(21)8-20-6-9(2)25-10(3)7-20/h9-10H,5-8H2,1-4H3,(H2,18,22)(H,19,21)/t9-,10-/m1/s1. The van der Waals surface area contributed by atoms with Gasteiger partial charge in [-0.05, 0) is 33.3 Å². The van der Waals surface area contributed by atoms with Crippen LogP contribution in [0.15, 0.2) is 0 Å². The number of rotatable bonds is 6. The van der Waals surface area contributed by atoms with Crippen molar-refractivity contribution in [3.05, 3.63) is 16.0 Å². The van der Waals surface area contributed by atoms with Crippen LogP contribution in [0.5, 0.6) is 0 Å². The van der Waals surface area contributed by atoms with Gasteiger partial charge in [0.05, 0.1) is 35.8 Å². The predicted octanol–water partition coefficient (Wildman–Crippen LogP) is 1.38. The summed E-state index contributed by atoms with van der Waals surface area (Å²) in [4.78, 5) is 38.5. The van der Waals surface area contributed by atoms with Crippen molar-refractivity contribution in [1.82, 2.24) is 4.90 Å². The third-order valence-corrected chi connectivity index (χ3v) is 5.19. The Morgan fingerprint density at radius 2 is 1.92 bits per heavy atom. The van der Waals surface area contributed by atoms with Gasteiger partial charge >= 0.3 is 5.97 Å². The summed E-state index contributed by atoms with van der Waals surface area (Å²) in [6.07, 6.45) is 0.0965. The van der Waals surface area contributed by atoms with Crippen LogP contribution in [0.25, 0.3) is 0 Å². The maximum absolute atomic E-state index is 12.5. The first-order valence-corrected chi connectivity index (χ1v) is 9.32. The van der Waals surface area contributed by atoms with Gasteiger partial charge in [-0.25, -0.2) is 4.79 Å². The Morgan fingerprint density at radius 3 is 2.46 bits per heavy atom. The van der Waals surface area contributed by atoms with E-state index < -0.39 is 11.9 Å². The molecule has 1 aromatic heterocycles. The Morgan fingerprint density at radius 1 is 1.31 bits per heavy atom. The molecule has 2 heterocycles. The third kappa shape index (κ3) is 4.80. The van der Waals surface area contributed by atoms with Gasteiger partial charge in [0.1, 0.15) is 5.00 Å². The van der Waals surface area contributed by atoms with Crippen molar-refractivity contribution in [2.24, 2.45) is 5.73 Å². The topological polar surface area (TPSA) is 111 Å². The lowest BCUT2D eigenvalue weighted by Gasteiger charge is -2.34. The third-order valence-electron chi connectivity index (χ3n) is 3.97. The molecule has 0 unspecified atom stereocenters. The molecule has 1 aliphatic heterocycles. The number of esters is 1. The molecule has 144 valence electrons. The molecular formula is C17H25N3O5S. The van der Waals surface area contributed by atoms with Gasteiger partial charge in [-0.1, -0.05) is 0 Å². The van der Waals surface area contributed by atoms with Gasteiger partial charge in [0.25, 0.3) is 5.91 Å². The zero-order valence-electron chi connectivity index (χ0n) is 15.5. The van der Waals surface area contributed by atoms with Crippen molar-refractivity contribution in [1.29, 1.82) is 0 Å². The summed E-state index contributed by atoms with van der Waals surface area (Å²) in [5, 5.41) is 3.02. The zero-order valence-corrected chi connectivity index (χ0v) is 16.3. The summed E-state index contributed by atoms with van der Waals surface area (Å²) in [7, 11) is 0. The molecule has 26 heavy (non-hydrogen) atoms. The van der Waals surface area contributed by atoms with E-state index in [9.17, 15) is 14.4 Å². The molecule has 2 amide bonds. The van der Waals surface area contributed by atoms with Crippen molar-refractivity contribution in [2.75, 3.05) is 31.6 Å². The maximum Gasteiger partial charge on any atom is 0.341 e. The van der Waals surface area contributed by atoms with Crippen molar-refractivity contribution in [3.63, 3.8) is 0 Å². The lowest BCUT2D eigenvalue weighted by molar-refractivity contribution is -0.121. The van der Waals surface area contributed by atoms with Crippen LogP contribution in [0.2, 0.25) is 0 Å². The Bertz CT molecular complexity index is 693. The molecule has 8 nitrogen and oxygen atoms in total. The average Bonchev–Trinajstić information content (AvgIpc) is 2.82. The molecule has 1 aromatic rings. The molecule has 0 aromatic carbocycles. The van der Waals surface area contributed by atoms with Crippen LogP contribution in [-0.4, -0.2) is 61.1 Å². The molecule has 0 aliphatic carbocycles. The van der Waals surface area contributed by atoms with Crippen LogP contribution in [0.4, 0.5) is 5.00 Å². The number of nitrogens with two attached hydrogens (primary N) is 1. The first-order valence-electron chi connectivity index (χ1n) is 8.50. The highest BCUT2D eigenvalue weighted by molar-refractivity contribution is 7.18. The Hall–Kier alpha value is -1.97. The van der Waals surface area contributed by atoms with E-state index in [0.29, 0.717) is 18.7 Å². The van der Waals surface area contributed by atoms with Crippen LogP contribution in [-0.2, 0) is 14.3 Å². The second-order valence-corrected chi connectivity index (χ2v) is 7.37. The number of amides is 2. The Labute approximate surface area is 156 Å². The van der Waals surface area contributed by atoms with Gasteiger partial charge < -0.3 is 20.5 Å². The fraction of sp³-hybridized carbons (Fsp3) is 0.588. The fourth-order valence-corrected chi connectivity index (χ4v) is 4.13. The number of morpholine rings is 1. The van der Waals surface area contributed by atoms with Crippen molar-refractivity contribution >= 4 is 34.1 Å². The van der Waals surface area contributed by atoms with Gasteiger partial charge in [-0.2, -0.15) is 0 Å². The van der Waals surface area contributed by atoms with E-state index in [1.807, 2.05) is 18.7 Å². The highest BCUT2D eigenvalue weighted by atomic mass is 32.1. The van der Waals surface area contributed by atoms with Crippen LogP contribution < -0.4 is 11.1 Å². The summed E-state index contributed by atoms with van der Waals surface area (Å²) < 4.78 is 10.7. The quantitative estimate of drug-likeness (QED) is 0.718. The normalized spacial score (nSPS) is 20.6. The van der Waals surface area contributed by atoms with Crippen LogP contribution in [0.1, 0.15) is 46.4 Å². The summed E-state index contributed by atoms with van der Waals surface area (Å²) in [5.74, 6) is -1.50.